The Morgan fingerprint density at radius 2 is 1.92 bits per heavy atom. The van der Waals surface area contributed by atoms with Crippen LogP contribution in [0.15, 0.2) is 0 Å². The van der Waals surface area contributed by atoms with Crippen molar-refractivity contribution in [3.63, 3.8) is 0 Å². The molecular formula is C10H19OP. The van der Waals surface area contributed by atoms with Crippen molar-refractivity contribution in [2.75, 3.05) is 6.16 Å². The Balaban J connectivity index is 2.41. The predicted octanol–water partition coefficient (Wildman–Crippen LogP) is 2.65. The van der Waals surface area contributed by atoms with E-state index in [1.54, 1.807) is 0 Å². The topological polar surface area (TPSA) is 17.1 Å². The maximum absolute atomic E-state index is 11.4. The van der Waals surface area contributed by atoms with Gasteiger partial charge in [-0.3, -0.25) is 4.79 Å². The normalized spacial score (nSPS) is 23.9. The van der Waals surface area contributed by atoms with Crippen molar-refractivity contribution in [3.05, 3.63) is 0 Å². The van der Waals surface area contributed by atoms with Crippen LogP contribution in [0.3, 0.4) is 0 Å². The molecule has 0 heterocycles. The Morgan fingerprint density at radius 3 is 2.33 bits per heavy atom. The lowest BCUT2D eigenvalue weighted by molar-refractivity contribution is -0.121. The minimum Gasteiger partial charge on any atom is -0.299 e. The third-order valence-electron chi connectivity index (χ3n) is 3.00. The van der Waals surface area contributed by atoms with E-state index < -0.39 is 0 Å². The SMILES string of the molecule is CC1(C)CCC(C(=O)CP)CC1. The molecule has 1 unspecified atom stereocenters. The second-order valence-electron chi connectivity index (χ2n) is 4.61. The van der Waals surface area contributed by atoms with Gasteiger partial charge < -0.3 is 0 Å². The summed E-state index contributed by atoms with van der Waals surface area (Å²) in [5.74, 6) is 0.811. The molecule has 1 atom stereocenters. The molecule has 1 nitrogen and oxygen atoms in total. The molecule has 0 aromatic carbocycles. The van der Waals surface area contributed by atoms with Gasteiger partial charge in [0, 0.05) is 12.1 Å². The summed E-state index contributed by atoms with van der Waals surface area (Å²) in [6, 6.07) is 0. The first kappa shape index (κ1) is 10.2. The lowest BCUT2D eigenvalue weighted by Gasteiger charge is -2.33. The maximum Gasteiger partial charge on any atom is 0.139 e. The molecule has 0 N–H and O–H groups in total. The van der Waals surface area contributed by atoms with E-state index in [0.29, 0.717) is 23.3 Å². The van der Waals surface area contributed by atoms with Gasteiger partial charge in [-0.15, -0.1) is 9.24 Å². The van der Waals surface area contributed by atoms with E-state index >= 15 is 0 Å². The maximum atomic E-state index is 11.4. The van der Waals surface area contributed by atoms with Crippen LogP contribution in [0.2, 0.25) is 0 Å². The summed E-state index contributed by atoms with van der Waals surface area (Å²) < 4.78 is 0. The average molecular weight is 186 g/mol. The van der Waals surface area contributed by atoms with Crippen molar-refractivity contribution in [3.8, 4) is 0 Å². The van der Waals surface area contributed by atoms with Crippen LogP contribution in [0.25, 0.3) is 0 Å². The standard InChI is InChI=1S/C10H19OP/c1-10(2)5-3-8(4-6-10)9(11)7-12/h8H,3-7,12H2,1-2H3. The van der Waals surface area contributed by atoms with Gasteiger partial charge in [-0.05, 0) is 31.1 Å². The lowest BCUT2D eigenvalue weighted by atomic mass is 9.72. The third kappa shape index (κ3) is 2.55. The zero-order valence-corrected chi connectivity index (χ0v) is 9.25. The highest BCUT2D eigenvalue weighted by Gasteiger charge is 2.29. The van der Waals surface area contributed by atoms with E-state index in [0.717, 1.165) is 12.8 Å². The number of carbonyl (C=O) groups is 1. The molecule has 0 saturated heterocycles. The molecule has 1 aliphatic carbocycles. The average Bonchev–Trinajstić information content (AvgIpc) is 2.03. The second-order valence-corrected chi connectivity index (χ2v) is 5.02. The molecular weight excluding hydrogens is 167 g/mol. The number of ketones is 1. The molecule has 0 radical (unpaired) electrons. The Morgan fingerprint density at radius 1 is 1.42 bits per heavy atom. The first-order valence-corrected chi connectivity index (χ1v) is 5.59. The number of rotatable bonds is 2. The summed E-state index contributed by atoms with van der Waals surface area (Å²) in [6.07, 6.45) is 5.30. The predicted molar refractivity (Wildman–Crippen MR) is 55.3 cm³/mol. The van der Waals surface area contributed by atoms with Crippen LogP contribution in [-0.4, -0.2) is 11.9 Å². The Kier molecular flexibility index (Phi) is 3.29. The smallest absolute Gasteiger partial charge is 0.139 e. The van der Waals surface area contributed by atoms with Crippen LogP contribution in [0, 0.1) is 11.3 Å². The first-order valence-electron chi connectivity index (χ1n) is 4.78. The van der Waals surface area contributed by atoms with Crippen LogP contribution < -0.4 is 0 Å². The fourth-order valence-corrected chi connectivity index (χ4v) is 2.22. The highest BCUT2D eigenvalue weighted by atomic mass is 31.0. The summed E-state index contributed by atoms with van der Waals surface area (Å²) >= 11 is 0. The summed E-state index contributed by atoms with van der Waals surface area (Å²) in [7, 11) is 2.53. The van der Waals surface area contributed by atoms with Crippen LogP contribution in [0.4, 0.5) is 0 Å². The van der Waals surface area contributed by atoms with Crippen LogP contribution in [0.5, 0.6) is 0 Å². The molecule has 2 heteroatoms. The molecule has 0 aliphatic heterocycles. The van der Waals surface area contributed by atoms with Crippen molar-refractivity contribution in [2.24, 2.45) is 11.3 Å². The van der Waals surface area contributed by atoms with Gasteiger partial charge in [0.15, 0.2) is 0 Å². The molecule has 0 spiro atoms. The molecule has 0 bridgehead atoms. The van der Waals surface area contributed by atoms with Crippen LogP contribution >= 0.6 is 9.24 Å². The molecule has 1 rings (SSSR count). The molecule has 70 valence electrons. The van der Waals surface area contributed by atoms with Gasteiger partial charge >= 0.3 is 0 Å². The van der Waals surface area contributed by atoms with Gasteiger partial charge in [0.1, 0.15) is 5.78 Å². The summed E-state index contributed by atoms with van der Waals surface area (Å²) in [4.78, 5) is 11.4. The van der Waals surface area contributed by atoms with Gasteiger partial charge in [-0.2, -0.15) is 0 Å². The van der Waals surface area contributed by atoms with Gasteiger partial charge in [0.05, 0.1) is 0 Å². The fraction of sp³-hybridized carbons (Fsp3) is 0.900. The largest absolute Gasteiger partial charge is 0.299 e. The summed E-state index contributed by atoms with van der Waals surface area (Å²) in [5, 5.41) is 0. The van der Waals surface area contributed by atoms with Crippen molar-refractivity contribution in [1.82, 2.24) is 0 Å². The molecule has 0 amide bonds. The van der Waals surface area contributed by atoms with E-state index in [2.05, 4.69) is 23.1 Å². The number of Topliss-reactive ketones (excluding diaryl/α,β-unsaturated/α-hetero) is 1. The van der Waals surface area contributed by atoms with E-state index in [4.69, 9.17) is 0 Å². The molecule has 1 saturated carbocycles. The van der Waals surface area contributed by atoms with Crippen molar-refractivity contribution < 1.29 is 4.79 Å². The molecule has 1 aliphatic rings. The molecule has 0 aromatic heterocycles. The van der Waals surface area contributed by atoms with Crippen molar-refractivity contribution in [1.29, 1.82) is 0 Å². The van der Waals surface area contributed by atoms with Gasteiger partial charge in [-0.1, -0.05) is 13.8 Å². The fourth-order valence-electron chi connectivity index (χ4n) is 1.89. The van der Waals surface area contributed by atoms with E-state index in [-0.39, 0.29) is 0 Å². The number of carbonyl (C=O) groups excluding carboxylic acids is 1. The number of hydrogen-bond acceptors (Lipinski definition) is 1. The van der Waals surface area contributed by atoms with Crippen LogP contribution in [0.1, 0.15) is 39.5 Å². The lowest BCUT2D eigenvalue weighted by Crippen LogP contribution is -2.26. The minimum absolute atomic E-state index is 0.371. The Labute approximate surface area is 77.5 Å². The van der Waals surface area contributed by atoms with Gasteiger partial charge in [-0.25, -0.2) is 0 Å². The number of hydrogen-bond donors (Lipinski definition) is 0. The highest BCUT2D eigenvalue weighted by molar-refractivity contribution is 7.18. The zero-order chi connectivity index (χ0) is 9.19. The Bertz CT molecular complexity index is 165. The van der Waals surface area contributed by atoms with Crippen molar-refractivity contribution >= 4 is 15.0 Å². The third-order valence-corrected chi connectivity index (χ3v) is 3.40. The van der Waals surface area contributed by atoms with E-state index in [9.17, 15) is 4.79 Å². The minimum atomic E-state index is 0.371. The summed E-state index contributed by atoms with van der Waals surface area (Å²) in [5.41, 5.74) is 0.484. The van der Waals surface area contributed by atoms with Crippen molar-refractivity contribution in [2.45, 2.75) is 39.5 Å². The van der Waals surface area contributed by atoms with E-state index in [1.165, 1.54) is 12.8 Å². The Hall–Kier alpha value is 0.100. The quantitative estimate of drug-likeness (QED) is 0.606. The van der Waals surface area contributed by atoms with Gasteiger partial charge in [0.25, 0.3) is 0 Å². The molecule has 12 heavy (non-hydrogen) atoms. The second kappa shape index (κ2) is 3.87. The zero-order valence-electron chi connectivity index (χ0n) is 8.10. The molecule has 1 fully saturated rings. The molecule has 0 aromatic rings. The monoisotopic (exact) mass is 186 g/mol. The van der Waals surface area contributed by atoms with E-state index in [1.807, 2.05) is 0 Å². The van der Waals surface area contributed by atoms with Gasteiger partial charge in [0.2, 0.25) is 0 Å². The highest BCUT2D eigenvalue weighted by Crippen LogP contribution is 2.38. The summed E-state index contributed by atoms with van der Waals surface area (Å²) in [6.45, 7) is 4.60. The van der Waals surface area contributed by atoms with Crippen LogP contribution in [-0.2, 0) is 4.79 Å². The first-order chi connectivity index (χ1) is 5.55.